The van der Waals surface area contributed by atoms with Crippen LogP contribution in [0.25, 0.3) is 0 Å². The monoisotopic (exact) mass is 217 g/mol. The van der Waals surface area contributed by atoms with E-state index in [0.29, 0.717) is 0 Å². The Kier molecular flexibility index (Phi) is 3.18. The summed E-state index contributed by atoms with van der Waals surface area (Å²) in [6.45, 7) is 1.42. The van der Waals surface area contributed by atoms with Crippen LogP contribution in [0.1, 0.15) is 28.0 Å². The number of hydrogen-bond donors (Lipinski definition) is 1. The Morgan fingerprint density at radius 3 is 2.60 bits per heavy atom. The Balaban J connectivity index is 3.49. The van der Waals surface area contributed by atoms with Crippen molar-refractivity contribution >= 4 is 5.97 Å². The van der Waals surface area contributed by atoms with Crippen molar-refractivity contribution in [1.29, 1.82) is 0 Å². The lowest BCUT2D eigenvalue weighted by atomic mass is 10.1. The number of halogens is 2. The highest BCUT2D eigenvalue weighted by Crippen LogP contribution is 2.19. The second-order valence-electron chi connectivity index (χ2n) is 2.88. The number of rotatable bonds is 2. The average molecular weight is 217 g/mol. The summed E-state index contributed by atoms with van der Waals surface area (Å²) in [5, 5.41) is 0. The Bertz CT molecular complexity index is 439. The van der Waals surface area contributed by atoms with Crippen LogP contribution in [0, 0.1) is 6.92 Å². The van der Waals surface area contributed by atoms with Gasteiger partial charge >= 0.3 is 5.97 Å². The van der Waals surface area contributed by atoms with E-state index in [9.17, 15) is 18.4 Å². The number of methoxy groups -OCH3 is 1. The van der Waals surface area contributed by atoms with Crippen LogP contribution in [-0.4, -0.2) is 18.1 Å². The van der Waals surface area contributed by atoms with E-state index in [1.165, 1.54) is 6.92 Å². The first-order valence-corrected chi connectivity index (χ1v) is 4.07. The summed E-state index contributed by atoms with van der Waals surface area (Å²) in [5.41, 5.74) is -1.90. The summed E-state index contributed by atoms with van der Waals surface area (Å²) in [6.07, 6.45) is -1.79. The summed E-state index contributed by atoms with van der Waals surface area (Å²) in [7, 11) is 1.03. The van der Waals surface area contributed by atoms with Gasteiger partial charge in [-0.15, -0.1) is 0 Å². The minimum absolute atomic E-state index is 0.180. The molecule has 0 aliphatic rings. The summed E-state index contributed by atoms with van der Waals surface area (Å²) < 4.78 is 29.2. The number of pyridine rings is 1. The molecule has 1 aromatic rings. The summed E-state index contributed by atoms with van der Waals surface area (Å²) in [5.74, 6) is -1.06. The average Bonchev–Trinajstić information content (AvgIpc) is 2.20. The number of esters is 1. The van der Waals surface area contributed by atoms with E-state index in [0.717, 1.165) is 13.3 Å². The van der Waals surface area contributed by atoms with Crippen LogP contribution in [0.5, 0.6) is 0 Å². The van der Waals surface area contributed by atoms with Gasteiger partial charge in [0.2, 0.25) is 0 Å². The molecule has 82 valence electrons. The molecule has 0 spiro atoms. The SMILES string of the molecule is COC(=O)c1c(C(F)F)[nH]cc(C)c1=O. The molecule has 0 saturated heterocycles. The Hall–Kier alpha value is -1.72. The van der Waals surface area contributed by atoms with E-state index in [1.807, 2.05) is 0 Å². The van der Waals surface area contributed by atoms with Crippen molar-refractivity contribution in [3.05, 3.63) is 33.2 Å². The zero-order valence-electron chi connectivity index (χ0n) is 8.14. The third-order valence-electron chi connectivity index (χ3n) is 1.91. The van der Waals surface area contributed by atoms with Crippen LogP contribution in [0.15, 0.2) is 11.0 Å². The van der Waals surface area contributed by atoms with Gasteiger partial charge in [-0.2, -0.15) is 0 Å². The molecule has 6 heteroatoms. The number of aromatic amines is 1. The van der Waals surface area contributed by atoms with Crippen molar-refractivity contribution in [2.24, 2.45) is 0 Å². The second kappa shape index (κ2) is 4.20. The molecule has 0 fully saturated rings. The lowest BCUT2D eigenvalue weighted by molar-refractivity contribution is 0.0585. The van der Waals surface area contributed by atoms with Gasteiger partial charge in [0.05, 0.1) is 7.11 Å². The van der Waals surface area contributed by atoms with Crippen LogP contribution < -0.4 is 5.43 Å². The number of aryl methyl sites for hydroxylation is 1. The smallest absolute Gasteiger partial charge is 0.343 e. The first-order valence-electron chi connectivity index (χ1n) is 4.07. The minimum atomic E-state index is -2.92. The number of nitrogens with one attached hydrogen (secondary N) is 1. The third-order valence-corrected chi connectivity index (χ3v) is 1.91. The maximum atomic E-state index is 12.5. The van der Waals surface area contributed by atoms with Gasteiger partial charge in [-0.3, -0.25) is 4.79 Å². The molecule has 1 N–H and O–H groups in total. The summed E-state index contributed by atoms with van der Waals surface area (Å²) in [6, 6.07) is 0. The van der Waals surface area contributed by atoms with Gasteiger partial charge < -0.3 is 9.72 Å². The minimum Gasteiger partial charge on any atom is -0.465 e. The fraction of sp³-hybridized carbons (Fsp3) is 0.333. The molecule has 0 aliphatic heterocycles. The molecular formula is C9H9F2NO3. The molecule has 1 aromatic heterocycles. The van der Waals surface area contributed by atoms with Gasteiger partial charge in [0.25, 0.3) is 6.43 Å². The van der Waals surface area contributed by atoms with Crippen LogP contribution in [-0.2, 0) is 4.74 Å². The number of hydrogen-bond acceptors (Lipinski definition) is 3. The molecule has 0 aliphatic carbocycles. The number of aromatic nitrogens is 1. The second-order valence-corrected chi connectivity index (χ2v) is 2.88. The zero-order chi connectivity index (χ0) is 11.6. The van der Waals surface area contributed by atoms with Gasteiger partial charge in [-0.05, 0) is 6.92 Å². The van der Waals surface area contributed by atoms with Crippen molar-refractivity contribution < 1.29 is 18.3 Å². The molecule has 0 unspecified atom stereocenters. The first-order chi connectivity index (χ1) is 6.99. The standard InChI is InChI=1S/C9H9F2NO3/c1-4-3-12-6(8(10)11)5(7(4)13)9(14)15-2/h3,8H,1-2H3,(H,12,13). The molecule has 0 saturated carbocycles. The zero-order valence-corrected chi connectivity index (χ0v) is 8.14. The molecule has 15 heavy (non-hydrogen) atoms. The van der Waals surface area contributed by atoms with Crippen molar-refractivity contribution in [2.75, 3.05) is 7.11 Å². The fourth-order valence-electron chi connectivity index (χ4n) is 1.12. The molecule has 0 aromatic carbocycles. The third kappa shape index (κ3) is 2.03. The lowest BCUT2D eigenvalue weighted by Crippen LogP contribution is -2.22. The maximum Gasteiger partial charge on any atom is 0.343 e. The van der Waals surface area contributed by atoms with Gasteiger partial charge in [-0.25, -0.2) is 13.6 Å². The number of H-pyrrole nitrogens is 1. The highest BCUT2D eigenvalue weighted by Gasteiger charge is 2.23. The van der Waals surface area contributed by atoms with Crippen LogP contribution >= 0.6 is 0 Å². The highest BCUT2D eigenvalue weighted by atomic mass is 19.3. The maximum absolute atomic E-state index is 12.5. The largest absolute Gasteiger partial charge is 0.465 e. The Labute approximate surface area is 83.9 Å². The van der Waals surface area contributed by atoms with Crippen molar-refractivity contribution in [3.8, 4) is 0 Å². The number of alkyl halides is 2. The van der Waals surface area contributed by atoms with E-state index in [4.69, 9.17) is 0 Å². The number of ether oxygens (including phenoxy) is 1. The van der Waals surface area contributed by atoms with E-state index in [2.05, 4.69) is 9.72 Å². The van der Waals surface area contributed by atoms with Gasteiger partial charge in [-0.1, -0.05) is 0 Å². The van der Waals surface area contributed by atoms with Crippen LogP contribution in [0.3, 0.4) is 0 Å². The van der Waals surface area contributed by atoms with E-state index in [-0.39, 0.29) is 5.56 Å². The Morgan fingerprint density at radius 1 is 1.53 bits per heavy atom. The molecule has 0 atom stereocenters. The van der Waals surface area contributed by atoms with Gasteiger partial charge in [0, 0.05) is 11.8 Å². The van der Waals surface area contributed by atoms with Crippen LogP contribution in [0.4, 0.5) is 8.78 Å². The molecule has 1 heterocycles. The molecule has 0 radical (unpaired) electrons. The predicted molar refractivity (Wildman–Crippen MR) is 48.1 cm³/mol. The molecule has 0 bridgehead atoms. The van der Waals surface area contributed by atoms with Crippen molar-refractivity contribution in [1.82, 2.24) is 4.98 Å². The summed E-state index contributed by atoms with van der Waals surface area (Å²) in [4.78, 5) is 24.8. The summed E-state index contributed by atoms with van der Waals surface area (Å²) >= 11 is 0. The quantitative estimate of drug-likeness (QED) is 0.762. The van der Waals surface area contributed by atoms with Crippen molar-refractivity contribution in [2.45, 2.75) is 13.3 Å². The topological polar surface area (TPSA) is 59.2 Å². The Morgan fingerprint density at radius 2 is 2.13 bits per heavy atom. The van der Waals surface area contributed by atoms with E-state index < -0.39 is 29.1 Å². The van der Waals surface area contributed by atoms with Crippen LogP contribution in [0.2, 0.25) is 0 Å². The number of carbonyl (C=O) groups is 1. The predicted octanol–water partition coefficient (Wildman–Crippen LogP) is 1.41. The van der Waals surface area contributed by atoms with Crippen molar-refractivity contribution in [3.63, 3.8) is 0 Å². The van der Waals surface area contributed by atoms with E-state index in [1.54, 1.807) is 0 Å². The van der Waals surface area contributed by atoms with Gasteiger partial charge in [0.1, 0.15) is 11.3 Å². The van der Waals surface area contributed by atoms with Gasteiger partial charge in [0.15, 0.2) is 5.43 Å². The molecular weight excluding hydrogens is 208 g/mol. The first kappa shape index (κ1) is 11.4. The highest BCUT2D eigenvalue weighted by molar-refractivity contribution is 5.90. The fourth-order valence-corrected chi connectivity index (χ4v) is 1.12. The molecule has 0 amide bonds. The molecule has 1 rings (SSSR count). The molecule has 4 nitrogen and oxygen atoms in total. The van der Waals surface area contributed by atoms with E-state index >= 15 is 0 Å². The lowest BCUT2D eigenvalue weighted by Gasteiger charge is -2.06. The normalized spacial score (nSPS) is 10.5. The number of carbonyl (C=O) groups excluding carboxylic acids is 1.